The fourth-order valence-corrected chi connectivity index (χ4v) is 3.87. The number of rotatable bonds is 9. The van der Waals surface area contributed by atoms with Gasteiger partial charge >= 0.3 is 0 Å². The number of carbonyl (C=O) groups is 1. The number of nitrogens with one attached hydrogen (secondary N) is 1. The highest BCUT2D eigenvalue weighted by molar-refractivity contribution is 7.92. The van der Waals surface area contributed by atoms with Gasteiger partial charge in [0.25, 0.3) is 15.9 Å². The zero-order chi connectivity index (χ0) is 20.7. The van der Waals surface area contributed by atoms with E-state index in [1.54, 1.807) is 24.3 Å². The highest BCUT2D eigenvalue weighted by Gasteiger charge is 2.22. The van der Waals surface area contributed by atoms with Gasteiger partial charge in [0.2, 0.25) is 0 Å². The second-order valence-corrected chi connectivity index (χ2v) is 8.47. The molecule has 7 nitrogen and oxygen atoms in total. The molecule has 28 heavy (non-hydrogen) atoms. The van der Waals surface area contributed by atoms with Crippen LogP contribution in [-0.4, -0.2) is 57.4 Å². The molecule has 0 saturated heterocycles. The van der Waals surface area contributed by atoms with E-state index in [-0.39, 0.29) is 10.8 Å². The van der Waals surface area contributed by atoms with Gasteiger partial charge in [-0.25, -0.2) is 8.42 Å². The fourth-order valence-electron chi connectivity index (χ4n) is 2.70. The number of nitrogens with zero attached hydrogens (tertiary/aromatic N) is 3. The molecule has 0 aliphatic carbocycles. The molecule has 0 aliphatic rings. The molecule has 2 rings (SSSR count). The average Bonchev–Trinajstić information content (AvgIpc) is 2.71. The van der Waals surface area contributed by atoms with E-state index in [0.717, 1.165) is 29.5 Å². The molecule has 0 spiro atoms. The van der Waals surface area contributed by atoms with E-state index in [2.05, 4.69) is 29.0 Å². The van der Waals surface area contributed by atoms with Crippen LogP contribution < -0.4 is 9.62 Å². The number of aromatic nitrogens is 1. The quantitative estimate of drug-likeness (QED) is 0.693. The lowest BCUT2D eigenvalue weighted by molar-refractivity contribution is 0.0948. The van der Waals surface area contributed by atoms with Gasteiger partial charge in [-0.3, -0.25) is 14.1 Å². The summed E-state index contributed by atoms with van der Waals surface area (Å²) in [5, 5.41) is 2.85. The first-order chi connectivity index (χ1) is 13.3. The first kappa shape index (κ1) is 21.8. The summed E-state index contributed by atoms with van der Waals surface area (Å²) in [4.78, 5) is 18.8. The molecule has 8 heteroatoms. The van der Waals surface area contributed by atoms with Gasteiger partial charge in [0, 0.05) is 26.3 Å². The van der Waals surface area contributed by atoms with Gasteiger partial charge in [-0.15, -0.1) is 0 Å². The van der Waals surface area contributed by atoms with Gasteiger partial charge in [0.1, 0.15) is 0 Å². The summed E-state index contributed by atoms with van der Waals surface area (Å²) in [6.45, 7) is 9.16. The number of benzene rings is 1. The standard InChI is InChI=1S/C20H28N4O3S/c1-5-24(6-2)12-11-22-20(25)17-13-18(15-21-14-17)23(4)28(26,27)19-9-7-16(3)8-10-19/h7-10,13-15H,5-6,11-12H2,1-4H3,(H,22,25). The Bertz CT molecular complexity index is 894. The molecule has 0 atom stereocenters. The van der Waals surface area contributed by atoms with Crippen LogP contribution in [0.4, 0.5) is 5.69 Å². The number of amides is 1. The Labute approximate surface area is 167 Å². The third-order valence-electron chi connectivity index (χ3n) is 4.64. The van der Waals surface area contributed by atoms with Crippen molar-refractivity contribution in [1.29, 1.82) is 0 Å². The molecule has 1 aromatic heterocycles. The predicted molar refractivity (Wildman–Crippen MR) is 111 cm³/mol. The van der Waals surface area contributed by atoms with Crippen molar-refractivity contribution in [3.8, 4) is 0 Å². The predicted octanol–water partition coefficient (Wildman–Crippen LogP) is 2.29. The molecule has 1 aromatic carbocycles. The van der Waals surface area contributed by atoms with E-state index >= 15 is 0 Å². The number of hydrogen-bond acceptors (Lipinski definition) is 5. The van der Waals surface area contributed by atoms with Crippen LogP contribution in [0.1, 0.15) is 29.8 Å². The van der Waals surface area contributed by atoms with Gasteiger partial charge in [-0.1, -0.05) is 31.5 Å². The Kier molecular flexibility index (Phi) is 7.53. The van der Waals surface area contributed by atoms with E-state index in [4.69, 9.17) is 0 Å². The molecule has 0 aliphatic heterocycles. The molecule has 2 aromatic rings. The number of carbonyl (C=O) groups excluding carboxylic acids is 1. The van der Waals surface area contributed by atoms with Crippen LogP contribution in [0.3, 0.4) is 0 Å². The van der Waals surface area contributed by atoms with E-state index in [9.17, 15) is 13.2 Å². The van der Waals surface area contributed by atoms with Crippen molar-refractivity contribution < 1.29 is 13.2 Å². The summed E-state index contributed by atoms with van der Waals surface area (Å²) < 4.78 is 26.8. The van der Waals surface area contributed by atoms with Crippen molar-refractivity contribution in [2.75, 3.05) is 37.5 Å². The molecule has 1 N–H and O–H groups in total. The van der Waals surface area contributed by atoms with Gasteiger partial charge in [-0.05, 0) is 38.2 Å². The number of anilines is 1. The topological polar surface area (TPSA) is 82.6 Å². The lowest BCUT2D eigenvalue weighted by Gasteiger charge is -2.20. The molecule has 152 valence electrons. The van der Waals surface area contributed by atoms with Crippen molar-refractivity contribution in [3.63, 3.8) is 0 Å². The Morgan fingerprint density at radius 3 is 2.36 bits per heavy atom. The summed E-state index contributed by atoms with van der Waals surface area (Å²) in [6.07, 6.45) is 2.86. The Balaban J connectivity index is 2.13. The lowest BCUT2D eigenvalue weighted by atomic mass is 10.2. The smallest absolute Gasteiger partial charge is 0.264 e. The van der Waals surface area contributed by atoms with Crippen molar-refractivity contribution in [1.82, 2.24) is 15.2 Å². The molecule has 0 unspecified atom stereocenters. The zero-order valence-electron chi connectivity index (χ0n) is 16.8. The minimum Gasteiger partial charge on any atom is -0.351 e. The van der Waals surface area contributed by atoms with Crippen LogP contribution in [0.25, 0.3) is 0 Å². The first-order valence-electron chi connectivity index (χ1n) is 9.30. The van der Waals surface area contributed by atoms with Crippen LogP contribution >= 0.6 is 0 Å². The monoisotopic (exact) mass is 404 g/mol. The molecule has 1 heterocycles. The molecular weight excluding hydrogens is 376 g/mol. The summed E-state index contributed by atoms with van der Waals surface area (Å²) in [5.74, 6) is -0.275. The normalized spacial score (nSPS) is 11.5. The molecule has 0 radical (unpaired) electrons. The third kappa shape index (κ3) is 5.30. The minimum atomic E-state index is -3.73. The van der Waals surface area contributed by atoms with Crippen molar-refractivity contribution >= 4 is 21.6 Å². The van der Waals surface area contributed by atoms with Crippen LogP contribution in [0.5, 0.6) is 0 Å². The van der Waals surface area contributed by atoms with Crippen LogP contribution in [0, 0.1) is 6.92 Å². The summed E-state index contributed by atoms with van der Waals surface area (Å²) in [6, 6.07) is 8.17. The zero-order valence-corrected chi connectivity index (χ0v) is 17.7. The second kappa shape index (κ2) is 9.66. The Morgan fingerprint density at radius 2 is 1.75 bits per heavy atom. The van der Waals surface area contributed by atoms with Crippen LogP contribution in [-0.2, 0) is 10.0 Å². The second-order valence-electron chi connectivity index (χ2n) is 6.50. The van der Waals surface area contributed by atoms with Crippen LogP contribution in [0.15, 0.2) is 47.6 Å². The Hall–Kier alpha value is -2.45. The SMILES string of the molecule is CCN(CC)CCNC(=O)c1cncc(N(C)S(=O)(=O)c2ccc(C)cc2)c1. The number of sulfonamides is 1. The molecule has 1 amide bonds. The average molecular weight is 405 g/mol. The number of aryl methyl sites for hydroxylation is 1. The van der Waals surface area contributed by atoms with E-state index < -0.39 is 10.0 Å². The third-order valence-corrected chi connectivity index (χ3v) is 6.44. The molecule has 0 saturated carbocycles. The fraction of sp³-hybridized carbons (Fsp3) is 0.400. The van der Waals surface area contributed by atoms with E-state index in [1.165, 1.54) is 25.5 Å². The summed E-state index contributed by atoms with van der Waals surface area (Å²) in [7, 11) is -2.28. The maximum absolute atomic E-state index is 12.8. The largest absolute Gasteiger partial charge is 0.351 e. The molecule has 0 fully saturated rings. The maximum atomic E-state index is 12.8. The lowest BCUT2D eigenvalue weighted by Crippen LogP contribution is -2.35. The van der Waals surface area contributed by atoms with E-state index in [1.807, 2.05) is 6.92 Å². The first-order valence-corrected chi connectivity index (χ1v) is 10.7. The highest BCUT2D eigenvalue weighted by atomic mass is 32.2. The van der Waals surface area contributed by atoms with Crippen molar-refractivity contribution in [2.45, 2.75) is 25.7 Å². The number of hydrogen-bond donors (Lipinski definition) is 1. The molecular formula is C20H28N4O3S. The van der Waals surface area contributed by atoms with Gasteiger partial charge in [0.15, 0.2) is 0 Å². The number of pyridine rings is 1. The van der Waals surface area contributed by atoms with Gasteiger partial charge in [-0.2, -0.15) is 0 Å². The summed E-state index contributed by atoms with van der Waals surface area (Å²) in [5.41, 5.74) is 1.63. The van der Waals surface area contributed by atoms with Gasteiger partial charge < -0.3 is 10.2 Å². The Morgan fingerprint density at radius 1 is 1.11 bits per heavy atom. The van der Waals surface area contributed by atoms with E-state index in [0.29, 0.717) is 17.8 Å². The molecule has 0 bridgehead atoms. The minimum absolute atomic E-state index is 0.190. The highest BCUT2D eigenvalue weighted by Crippen LogP contribution is 2.22. The van der Waals surface area contributed by atoms with Crippen LogP contribution in [0.2, 0.25) is 0 Å². The van der Waals surface area contributed by atoms with Crippen molar-refractivity contribution in [2.24, 2.45) is 0 Å². The van der Waals surface area contributed by atoms with Gasteiger partial charge in [0.05, 0.1) is 22.3 Å². The summed E-state index contributed by atoms with van der Waals surface area (Å²) >= 11 is 0. The maximum Gasteiger partial charge on any atom is 0.264 e. The van der Waals surface area contributed by atoms with Crippen molar-refractivity contribution in [3.05, 3.63) is 53.9 Å². The number of likely N-dealkylation sites (N-methyl/N-ethyl adjacent to an activating group) is 1.